The van der Waals surface area contributed by atoms with Crippen LogP contribution in [-0.2, 0) is 12.8 Å². The molecule has 1 aromatic heterocycles. The van der Waals surface area contributed by atoms with Gasteiger partial charge in [0.15, 0.2) is 0 Å². The second-order valence-electron chi connectivity index (χ2n) is 4.63. The van der Waals surface area contributed by atoms with E-state index < -0.39 is 0 Å². The summed E-state index contributed by atoms with van der Waals surface area (Å²) < 4.78 is 0. The summed E-state index contributed by atoms with van der Waals surface area (Å²) >= 11 is 0. The van der Waals surface area contributed by atoms with Crippen LogP contribution in [0.25, 0.3) is 10.8 Å². The molecule has 0 amide bonds. The van der Waals surface area contributed by atoms with E-state index in [4.69, 9.17) is 0 Å². The molecule has 1 aliphatic carbocycles. The quantitative estimate of drug-likeness (QED) is 0.690. The summed E-state index contributed by atoms with van der Waals surface area (Å²) in [5.41, 5.74) is 3.00. The number of nitrogens with one attached hydrogen (secondary N) is 1. The zero-order valence-corrected chi connectivity index (χ0v) is 9.95. The van der Waals surface area contributed by atoms with Gasteiger partial charge in [0.05, 0.1) is 0 Å². The van der Waals surface area contributed by atoms with E-state index in [1.54, 1.807) is 0 Å². The number of H-pyrrole nitrogens is 1. The van der Waals surface area contributed by atoms with Crippen molar-refractivity contribution in [2.24, 2.45) is 0 Å². The standard InChI is InChI=1S/C16H17N/c1-3-9-15-13(6-1)8-5-11-17-12-14-7-2-4-10-16(14)15/h1,3,5-6,8-9,11-12,17H,2,4,7,10H2. The maximum absolute atomic E-state index is 3.27. The zero-order valence-electron chi connectivity index (χ0n) is 9.95. The van der Waals surface area contributed by atoms with Crippen LogP contribution in [0.5, 0.6) is 0 Å². The number of benzene rings is 1. The SMILES string of the molecule is c1ccc2c3c(c[nH]cccc2c1)CCCC3. The molecule has 86 valence electrons. The molecule has 1 aliphatic rings. The van der Waals surface area contributed by atoms with Crippen LogP contribution in [0.4, 0.5) is 0 Å². The van der Waals surface area contributed by atoms with E-state index in [9.17, 15) is 0 Å². The molecule has 0 unspecified atom stereocenters. The molecule has 0 saturated carbocycles. The first-order chi connectivity index (χ1) is 8.45. The maximum atomic E-state index is 3.27. The molecule has 0 bridgehead atoms. The minimum absolute atomic E-state index is 1.20. The molecule has 1 heteroatoms. The Labute approximate surface area is 102 Å². The Bertz CT molecular complexity index is 579. The van der Waals surface area contributed by atoms with Gasteiger partial charge in [-0.05, 0) is 53.6 Å². The van der Waals surface area contributed by atoms with Gasteiger partial charge in [0, 0.05) is 12.4 Å². The molecule has 0 fully saturated rings. The third kappa shape index (κ3) is 2.05. The predicted octanol–water partition coefficient (Wildman–Crippen LogP) is 4.17. The first-order valence-electron chi connectivity index (χ1n) is 6.36. The molecule has 0 saturated heterocycles. The van der Waals surface area contributed by atoms with Crippen LogP contribution in [0.2, 0.25) is 0 Å². The van der Waals surface area contributed by atoms with Crippen LogP contribution in [0.1, 0.15) is 24.0 Å². The first-order valence-corrected chi connectivity index (χ1v) is 6.36. The van der Waals surface area contributed by atoms with Crippen molar-refractivity contribution in [1.82, 2.24) is 4.98 Å². The summed E-state index contributed by atoms with van der Waals surface area (Å²) in [5, 5.41) is 2.74. The lowest BCUT2D eigenvalue weighted by molar-refractivity contribution is 0.689. The number of rotatable bonds is 0. The number of hydrogen-bond acceptors (Lipinski definition) is 0. The van der Waals surface area contributed by atoms with Crippen LogP contribution in [0.15, 0.2) is 48.8 Å². The molecule has 1 N–H and O–H groups in total. The Hall–Kier alpha value is -1.76. The van der Waals surface area contributed by atoms with Gasteiger partial charge >= 0.3 is 0 Å². The van der Waals surface area contributed by atoms with E-state index in [-0.39, 0.29) is 0 Å². The number of hydrogen-bond donors (Lipinski definition) is 1. The van der Waals surface area contributed by atoms with Gasteiger partial charge in [-0.3, -0.25) is 0 Å². The highest BCUT2D eigenvalue weighted by Crippen LogP contribution is 2.25. The second kappa shape index (κ2) is 4.62. The lowest BCUT2D eigenvalue weighted by atomic mass is 9.91. The molecular weight excluding hydrogens is 206 g/mol. The Kier molecular flexibility index (Phi) is 2.83. The fourth-order valence-electron chi connectivity index (χ4n) is 2.67. The van der Waals surface area contributed by atoms with Gasteiger partial charge in [0.2, 0.25) is 0 Å². The summed E-state index contributed by atoms with van der Waals surface area (Å²) in [6.07, 6.45) is 9.20. The first kappa shape index (κ1) is 10.4. The van der Waals surface area contributed by atoms with Crippen LogP contribution < -0.4 is 0 Å². The van der Waals surface area contributed by atoms with E-state index >= 15 is 0 Å². The minimum atomic E-state index is 1.20. The number of aromatic amines is 1. The lowest BCUT2D eigenvalue weighted by Gasteiger charge is -2.15. The Morgan fingerprint density at radius 1 is 0.882 bits per heavy atom. The Morgan fingerprint density at radius 3 is 2.71 bits per heavy atom. The summed E-state index contributed by atoms with van der Waals surface area (Å²) in [6, 6.07) is 13.0. The van der Waals surface area contributed by atoms with Crippen LogP contribution in [0.3, 0.4) is 0 Å². The van der Waals surface area contributed by atoms with Gasteiger partial charge in [-0.1, -0.05) is 30.3 Å². The highest BCUT2D eigenvalue weighted by atomic mass is 14.6. The average Bonchev–Trinajstić information content (AvgIpc) is 2.47. The van der Waals surface area contributed by atoms with Crippen molar-refractivity contribution in [2.75, 3.05) is 0 Å². The zero-order chi connectivity index (χ0) is 11.5. The van der Waals surface area contributed by atoms with Crippen LogP contribution in [0, 0.1) is 0 Å². The fourth-order valence-corrected chi connectivity index (χ4v) is 2.67. The van der Waals surface area contributed by atoms with Gasteiger partial charge in [-0.2, -0.15) is 0 Å². The topological polar surface area (TPSA) is 15.8 Å². The normalized spacial score (nSPS) is 14.1. The predicted molar refractivity (Wildman–Crippen MR) is 72.6 cm³/mol. The van der Waals surface area contributed by atoms with Gasteiger partial charge in [0.1, 0.15) is 0 Å². The van der Waals surface area contributed by atoms with Crippen LogP contribution >= 0.6 is 0 Å². The Morgan fingerprint density at radius 2 is 1.71 bits per heavy atom. The largest absolute Gasteiger partial charge is 0.367 e. The number of aromatic nitrogens is 1. The van der Waals surface area contributed by atoms with Crippen molar-refractivity contribution in [2.45, 2.75) is 25.7 Å². The highest BCUT2D eigenvalue weighted by Gasteiger charge is 2.09. The van der Waals surface area contributed by atoms with Gasteiger partial charge < -0.3 is 4.98 Å². The van der Waals surface area contributed by atoms with E-state index in [0.29, 0.717) is 0 Å². The van der Waals surface area contributed by atoms with Crippen molar-refractivity contribution in [3.05, 3.63) is 59.9 Å². The van der Waals surface area contributed by atoms with Crippen molar-refractivity contribution < 1.29 is 0 Å². The van der Waals surface area contributed by atoms with E-state index in [0.717, 1.165) is 0 Å². The second-order valence-corrected chi connectivity index (χ2v) is 4.63. The van der Waals surface area contributed by atoms with Crippen molar-refractivity contribution in [1.29, 1.82) is 0 Å². The molecule has 0 radical (unpaired) electrons. The number of fused-ring (bicyclic) bond motifs is 3. The third-order valence-electron chi connectivity index (χ3n) is 3.52. The van der Waals surface area contributed by atoms with Crippen molar-refractivity contribution in [3.63, 3.8) is 0 Å². The molecule has 1 aromatic carbocycles. The van der Waals surface area contributed by atoms with Gasteiger partial charge in [-0.15, -0.1) is 0 Å². The van der Waals surface area contributed by atoms with Crippen molar-refractivity contribution >= 4 is 10.8 Å². The molecular formula is C16H17N. The molecule has 3 rings (SSSR count). The molecule has 1 nitrogen and oxygen atoms in total. The number of aryl methyl sites for hydroxylation is 2. The van der Waals surface area contributed by atoms with E-state index in [1.807, 2.05) is 6.20 Å². The fraction of sp³-hybridized carbons (Fsp3) is 0.250. The monoisotopic (exact) mass is 223 g/mol. The van der Waals surface area contributed by atoms with E-state index in [2.05, 4.69) is 47.6 Å². The Balaban J connectivity index is 2.43. The summed E-state index contributed by atoms with van der Waals surface area (Å²) in [4.78, 5) is 3.27. The molecule has 1 heterocycles. The van der Waals surface area contributed by atoms with Crippen LogP contribution in [-0.4, -0.2) is 4.98 Å². The maximum Gasteiger partial charge on any atom is 0.00397 e. The molecule has 0 spiro atoms. The molecule has 2 aromatic rings. The lowest BCUT2D eigenvalue weighted by Crippen LogP contribution is -2.01. The highest BCUT2D eigenvalue weighted by molar-refractivity contribution is 5.85. The van der Waals surface area contributed by atoms with Gasteiger partial charge in [0.25, 0.3) is 0 Å². The van der Waals surface area contributed by atoms with Gasteiger partial charge in [-0.25, -0.2) is 0 Å². The van der Waals surface area contributed by atoms with Crippen molar-refractivity contribution in [3.8, 4) is 0 Å². The summed E-state index contributed by atoms with van der Waals surface area (Å²) in [5.74, 6) is 0. The molecule has 0 aliphatic heterocycles. The molecule has 17 heavy (non-hydrogen) atoms. The molecule has 0 atom stereocenters. The minimum Gasteiger partial charge on any atom is -0.367 e. The third-order valence-corrected chi connectivity index (χ3v) is 3.52. The van der Waals surface area contributed by atoms with E-state index in [1.165, 1.54) is 47.6 Å². The summed E-state index contributed by atoms with van der Waals surface area (Å²) in [7, 11) is 0. The smallest absolute Gasteiger partial charge is 0.00397 e. The average molecular weight is 223 g/mol. The summed E-state index contributed by atoms with van der Waals surface area (Å²) in [6.45, 7) is 0.